The Hall–Kier alpha value is -0.770. The number of hydrogen-bond acceptors (Lipinski definition) is 2. The van der Waals surface area contributed by atoms with Crippen LogP contribution in [0.15, 0.2) is 18.2 Å². The first-order valence-electron chi connectivity index (χ1n) is 8.04. The summed E-state index contributed by atoms with van der Waals surface area (Å²) in [5.74, 6) is 0.734. The molecule has 1 amide bonds. The zero-order chi connectivity index (χ0) is 15.7. The number of nitrogens with zero attached hydrogens (tertiary/aromatic N) is 1. The third kappa shape index (κ3) is 3.42. The van der Waals surface area contributed by atoms with Crippen LogP contribution >= 0.6 is 23.2 Å². The van der Waals surface area contributed by atoms with Gasteiger partial charge in [-0.1, -0.05) is 35.7 Å². The minimum absolute atomic E-state index is 0.105. The molecule has 2 atom stereocenters. The summed E-state index contributed by atoms with van der Waals surface area (Å²) in [6, 6.07) is 6.00. The maximum atomic E-state index is 13.0. The molecule has 0 unspecified atom stereocenters. The van der Waals surface area contributed by atoms with Gasteiger partial charge in [-0.15, -0.1) is 0 Å². The lowest BCUT2D eigenvalue weighted by Crippen LogP contribution is -2.40. The SMILES string of the molecule is NC[C@H]1CCC[C@H]1C(=O)N(Cc1ccc(Cl)c(Cl)c1)C1CC1. The van der Waals surface area contributed by atoms with E-state index >= 15 is 0 Å². The molecule has 0 radical (unpaired) electrons. The van der Waals surface area contributed by atoms with E-state index in [0.717, 1.165) is 37.7 Å². The Kier molecular flexibility index (Phi) is 4.96. The number of amides is 1. The molecule has 0 aromatic heterocycles. The minimum Gasteiger partial charge on any atom is -0.335 e. The highest BCUT2D eigenvalue weighted by Gasteiger charge is 2.40. The summed E-state index contributed by atoms with van der Waals surface area (Å²) in [6.07, 6.45) is 5.38. The van der Waals surface area contributed by atoms with Gasteiger partial charge in [-0.3, -0.25) is 4.79 Å². The molecule has 2 saturated carbocycles. The first kappa shape index (κ1) is 16.1. The van der Waals surface area contributed by atoms with E-state index in [9.17, 15) is 4.79 Å². The molecular formula is C17H22Cl2N2O. The van der Waals surface area contributed by atoms with Gasteiger partial charge in [0.15, 0.2) is 0 Å². The molecule has 3 nitrogen and oxygen atoms in total. The van der Waals surface area contributed by atoms with E-state index in [1.165, 1.54) is 0 Å². The molecule has 0 bridgehead atoms. The van der Waals surface area contributed by atoms with Crippen molar-refractivity contribution in [3.8, 4) is 0 Å². The molecule has 0 heterocycles. The molecule has 2 fully saturated rings. The van der Waals surface area contributed by atoms with Crippen LogP contribution in [0.1, 0.15) is 37.7 Å². The fraction of sp³-hybridized carbons (Fsp3) is 0.588. The maximum Gasteiger partial charge on any atom is 0.226 e. The maximum absolute atomic E-state index is 13.0. The average Bonchev–Trinajstić information content (AvgIpc) is 3.24. The van der Waals surface area contributed by atoms with Crippen molar-refractivity contribution >= 4 is 29.1 Å². The van der Waals surface area contributed by atoms with Crippen molar-refractivity contribution in [2.45, 2.75) is 44.7 Å². The van der Waals surface area contributed by atoms with E-state index in [1.807, 2.05) is 17.0 Å². The Labute approximate surface area is 141 Å². The van der Waals surface area contributed by atoms with E-state index in [0.29, 0.717) is 35.1 Å². The molecule has 2 aliphatic rings. The van der Waals surface area contributed by atoms with Gasteiger partial charge in [0.25, 0.3) is 0 Å². The monoisotopic (exact) mass is 340 g/mol. The van der Waals surface area contributed by atoms with Crippen molar-refractivity contribution in [1.29, 1.82) is 0 Å². The second kappa shape index (κ2) is 6.77. The van der Waals surface area contributed by atoms with Crippen LogP contribution in [0.2, 0.25) is 10.0 Å². The van der Waals surface area contributed by atoms with Gasteiger partial charge in [0.05, 0.1) is 10.0 Å². The first-order valence-corrected chi connectivity index (χ1v) is 8.80. The third-order valence-electron chi connectivity index (χ3n) is 4.89. The Morgan fingerprint density at radius 1 is 1.18 bits per heavy atom. The zero-order valence-corrected chi connectivity index (χ0v) is 14.1. The number of benzene rings is 1. The molecule has 1 aromatic carbocycles. The molecular weight excluding hydrogens is 319 g/mol. The van der Waals surface area contributed by atoms with Crippen LogP contribution in [0.5, 0.6) is 0 Å². The largest absolute Gasteiger partial charge is 0.335 e. The van der Waals surface area contributed by atoms with Crippen LogP contribution in [-0.4, -0.2) is 23.4 Å². The Morgan fingerprint density at radius 3 is 2.59 bits per heavy atom. The summed E-state index contributed by atoms with van der Waals surface area (Å²) in [5, 5.41) is 1.09. The van der Waals surface area contributed by atoms with Crippen molar-refractivity contribution in [2.75, 3.05) is 6.54 Å². The Bertz CT molecular complexity index is 560. The zero-order valence-electron chi connectivity index (χ0n) is 12.6. The quantitative estimate of drug-likeness (QED) is 0.884. The van der Waals surface area contributed by atoms with Gasteiger partial charge in [-0.05, 0) is 55.8 Å². The van der Waals surface area contributed by atoms with Gasteiger partial charge >= 0.3 is 0 Å². The summed E-state index contributed by atoms with van der Waals surface area (Å²) < 4.78 is 0. The molecule has 0 saturated heterocycles. The molecule has 5 heteroatoms. The van der Waals surface area contributed by atoms with Crippen molar-refractivity contribution in [3.63, 3.8) is 0 Å². The summed E-state index contributed by atoms with van der Waals surface area (Å²) >= 11 is 12.1. The highest BCUT2D eigenvalue weighted by Crippen LogP contribution is 2.37. The summed E-state index contributed by atoms with van der Waals surface area (Å²) in [4.78, 5) is 15.0. The lowest BCUT2D eigenvalue weighted by molar-refractivity contribution is -0.137. The van der Waals surface area contributed by atoms with E-state index in [1.54, 1.807) is 6.07 Å². The predicted molar refractivity (Wildman–Crippen MR) is 89.9 cm³/mol. The van der Waals surface area contributed by atoms with Gasteiger partial charge in [0.2, 0.25) is 5.91 Å². The van der Waals surface area contributed by atoms with Gasteiger partial charge in [-0.25, -0.2) is 0 Å². The third-order valence-corrected chi connectivity index (χ3v) is 5.63. The lowest BCUT2D eigenvalue weighted by Gasteiger charge is -2.28. The van der Waals surface area contributed by atoms with Crippen LogP contribution in [-0.2, 0) is 11.3 Å². The standard InChI is InChI=1S/C17H22Cl2N2O/c18-15-7-4-11(8-16(15)19)10-21(13-5-6-13)17(22)14-3-1-2-12(14)9-20/h4,7-8,12-14H,1-3,5-6,9-10,20H2/t12-,14-/m1/s1. The molecule has 22 heavy (non-hydrogen) atoms. The highest BCUT2D eigenvalue weighted by molar-refractivity contribution is 6.42. The van der Waals surface area contributed by atoms with Gasteiger partial charge in [0, 0.05) is 18.5 Å². The summed E-state index contributed by atoms with van der Waals surface area (Å²) in [7, 11) is 0. The molecule has 1 aromatic rings. The first-order chi connectivity index (χ1) is 10.6. The highest BCUT2D eigenvalue weighted by atomic mass is 35.5. The van der Waals surface area contributed by atoms with Crippen molar-refractivity contribution in [1.82, 2.24) is 4.90 Å². The van der Waals surface area contributed by atoms with E-state index < -0.39 is 0 Å². The molecule has 0 aliphatic heterocycles. The summed E-state index contributed by atoms with van der Waals surface area (Å²) in [5.41, 5.74) is 6.88. The van der Waals surface area contributed by atoms with Crippen molar-refractivity contribution in [3.05, 3.63) is 33.8 Å². The smallest absolute Gasteiger partial charge is 0.226 e. The second-order valence-electron chi connectivity index (χ2n) is 6.48. The van der Waals surface area contributed by atoms with Gasteiger partial charge in [-0.2, -0.15) is 0 Å². The van der Waals surface area contributed by atoms with Crippen LogP contribution < -0.4 is 5.73 Å². The van der Waals surface area contributed by atoms with Gasteiger partial charge < -0.3 is 10.6 Å². The number of halogens is 2. The van der Waals surface area contributed by atoms with E-state index in [2.05, 4.69) is 0 Å². The molecule has 120 valence electrons. The van der Waals surface area contributed by atoms with Gasteiger partial charge in [0.1, 0.15) is 0 Å². The lowest BCUT2D eigenvalue weighted by atomic mass is 9.94. The van der Waals surface area contributed by atoms with Crippen LogP contribution in [0.3, 0.4) is 0 Å². The van der Waals surface area contributed by atoms with E-state index in [4.69, 9.17) is 28.9 Å². The number of hydrogen-bond donors (Lipinski definition) is 1. The summed E-state index contributed by atoms with van der Waals surface area (Å²) in [6.45, 7) is 1.23. The minimum atomic E-state index is 0.105. The van der Waals surface area contributed by atoms with Crippen molar-refractivity contribution in [2.24, 2.45) is 17.6 Å². The molecule has 3 rings (SSSR count). The van der Waals surface area contributed by atoms with Crippen LogP contribution in [0.25, 0.3) is 0 Å². The number of rotatable bonds is 5. The fourth-order valence-corrected chi connectivity index (χ4v) is 3.79. The Morgan fingerprint density at radius 2 is 1.95 bits per heavy atom. The topological polar surface area (TPSA) is 46.3 Å². The predicted octanol–water partition coefficient (Wildman–Crippen LogP) is 3.86. The molecule has 2 N–H and O–H groups in total. The normalized spacial score (nSPS) is 24.5. The molecule has 0 spiro atoms. The second-order valence-corrected chi connectivity index (χ2v) is 7.29. The Balaban J connectivity index is 1.75. The van der Waals surface area contributed by atoms with Crippen molar-refractivity contribution < 1.29 is 4.79 Å². The van der Waals surface area contributed by atoms with Crippen LogP contribution in [0, 0.1) is 11.8 Å². The van der Waals surface area contributed by atoms with E-state index in [-0.39, 0.29) is 11.8 Å². The average molecular weight is 341 g/mol. The fourth-order valence-electron chi connectivity index (χ4n) is 3.46. The molecule has 2 aliphatic carbocycles. The number of carbonyl (C=O) groups excluding carboxylic acids is 1. The van der Waals surface area contributed by atoms with Crippen LogP contribution in [0.4, 0.5) is 0 Å². The number of nitrogens with two attached hydrogens (primary N) is 1. The number of carbonyl (C=O) groups is 1.